The molecule has 0 bridgehead atoms. The van der Waals surface area contributed by atoms with Gasteiger partial charge in [-0.25, -0.2) is 0 Å². The van der Waals surface area contributed by atoms with Crippen LogP contribution in [0, 0.1) is 11.3 Å². The van der Waals surface area contributed by atoms with Gasteiger partial charge in [0, 0.05) is 19.8 Å². The van der Waals surface area contributed by atoms with Gasteiger partial charge in [0.25, 0.3) is 0 Å². The third-order valence-electron chi connectivity index (χ3n) is 3.70. The minimum Gasteiger partial charge on any atom is -0.385 e. The minimum absolute atomic E-state index is 0.410. The Bertz CT molecular complexity index is 174. The van der Waals surface area contributed by atoms with Gasteiger partial charge in [-0.15, -0.1) is 0 Å². The monoisotopic (exact) mass is 243 g/mol. The SMILES string of the molecule is CCCNC(CCCOC)CC(C)C(C)(C)C. The van der Waals surface area contributed by atoms with E-state index in [4.69, 9.17) is 4.74 Å². The molecule has 0 aliphatic carbocycles. The number of rotatable bonds is 9. The lowest BCUT2D eigenvalue weighted by Crippen LogP contribution is -2.34. The van der Waals surface area contributed by atoms with Crippen LogP contribution in [0.3, 0.4) is 0 Å². The lowest BCUT2D eigenvalue weighted by Gasteiger charge is -2.31. The molecule has 1 N–H and O–H groups in total. The summed E-state index contributed by atoms with van der Waals surface area (Å²) in [7, 11) is 1.78. The summed E-state index contributed by atoms with van der Waals surface area (Å²) in [6, 6.07) is 0.652. The molecule has 0 aromatic carbocycles. The highest BCUT2D eigenvalue weighted by Crippen LogP contribution is 2.29. The normalized spacial score (nSPS) is 15.9. The Labute approximate surface area is 109 Å². The first-order valence-corrected chi connectivity index (χ1v) is 7.14. The molecule has 2 unspecified atom stereocenters. The maximum absolute atomic E-state index is 5.14. The maximum atomic E-state index is 5.14. The molecule has 0 saturated heterocycles. The van der Waals surface area contributed by atoms with E-state index in [0.717, 1.165) is 25.5 Å². The minimum atomic E-state index is 0.410. The van der Waals surface area contributed by atoms with Crippen molar-refractivity contribution >= 4 is 0 Å². The van der Waals surface area contributed by atoms with Crippen LogP contribution in [0.15, 0.2) is 0 Å². The highest BCUT2D eigenvalue weighted by Gasteiger charge is 2.23. The van der Waals surface area contributed by atoms with Crippen molar-refractivity contribution in [1.82, 2.24) is 5.32 Å². The van der Waals surface area contributed by atoms with E-state index in [-0.39, 0.29) is 0 Å². The Hall–Kier alpha value is -0.0800. The Balaban J connectivity index is 4.07. The number of ether oxygens (including phenoxy) is 1. The quantitative estimate of drug-likeness (QED) is 0.621. The van der Waals surface area contributed by atoms with E-state index in [1.807, 2.05) is 0 Å². The van der Waals surface area contributed by atoms with Crippen molar-refractivity contribution in [1.29, 1.82) is 0 Å². The number of hydrogen-bond donors (Lipinski definition) is 1. The van der Waals surface area contributed by atoms with Gasteiger partial charge in [0.1, 0.15) is 0 Å². The molecule has 0 aliphatic rings. The maximum Gasteiger partial charge on any atom is 0.0462 e. The van der Waals surface area contributed by atoms with Gasteiger partial charge in [0.15, 0.2) is 0 Å². The predicted molar refractivity (Wildman–Crippen MR) is 76.4 cm³/mol. The largest absolute Gasteiger partial charge is 0.385 e. The van der Waals surface area contributed by atoms with Crippen LogP contribution in [0.2, 0.25) is 0 Å². The molecule has 0 radical (unpaired) electrons. The van der Waals surface area contributed by atoms with Gasteiger partial charge in [-0.1, -0.05) is 34.6 Å². The Kier molecular flexibility index (Phi) is 8.89. The number of methoxy groups -OCH3 is 1. The highest BCUT2D eigenvalue weighted by atomic mass is 16.5. The number of hydrogen-bond acceptors (Lipinski definition) is 2. The van der Waals surface area contributed by atoms with Crippen molar-refractivity contribution in [3.8, 4) is 0 Å². The molecule has 2 nitrogen and oxygen atoms in total. The third-order valence-corrected chi connectivity index (χ3v) is 3.70. The van der Waals surface area contributed by atoms with Crippen LogP contribution < -0.4 is 5.32 Å². The van der Waals surface area contributed by atoms with Crippen molar-refractivity contribution in [2.45, 2.75) is 66.3 Å². The molecule has 0 aliphatic heterocycles. The van der Waals surface area contributed by atoms with E-state index in [1.165, 1.54) is 19.3 Å². The molecule has 0 aromatic rings. The Morgan fingerprint density at radius 2 is 1.88 bits per heavy atom. The number of nitrogens with one attached hydrogen (secondary N) is 1. The highest BCUT2D eigenvalue weighted by molar-refractivity contribution is 4.77. The Morgan fingerprint density at radius 1 is 1.24 bits per heavy atom. The first kappa shape index (κ1) is 16.9. The first-order valence-electron chi connectivity index (χ1n) is 7.14. The lowest BCUT2D eigenvalue weighted by molar-refractivity contribution is 0.178. The van der Waals surface area contributed by atoms with Gasteiger partial charge >= 0.3 is 0 Å². The first-order chi connectivity index (χ1) is 7.91. The fraction of sp³-hybridized carbons (Fsp3) is 1.00. The van der Waals surface area contributed by atoms with Crippen molar-refractivity contribution < 1.29 is 4.74 Å². The van der Waals surface area contributed by atoms with E-state index in [1.54, 1.807) is 7.11 Å². The van der Waals surface area contributed by atoms with Crippen LogP contribution in [0.25, 0.3) is 0 Å². The Morgan fingerprint density at radius 3 is 2.35 bits per heavy atom. The van der Waals surface area contributed by atoms with Gasteiger partial charge in [0.05, 0.1) is 0 Å². The van der Waals surface area contributed by atoms with Gasteiger partial charge in [0.2, 0.25) is 0 Å². The van der Waals surface area contributed by atoms with Crippen molar-refractivity contribution in [2.75, 3.05) is 20.3 Å². The molecule has 0 aromatic heterocycles. The predicted octanol–water partition coefficient (Wildman–Crippen LogP) is 3.85. The standard InChI is InChI=1S/C15H33NO/c1-7-10-16-14(9-8-11-17-6)12-13(2)15(3,4)5/h13-14,16H,7-12H2,1-6H3. The van der Waals surface area contributed by atoms with Gasteiger partial charge in [-0.05, 0) is 43.6 Å². The molecule has 104 valence electrons. The van der Waals surface area contributed by atoms with Crippen LogP contribution in [-0.2, 0) is 4.74 Å². The summed E-state index contributed by atoms with van der Waals surface area (Å²) in [5.41, 5.74) is 0.410. The molecule has 0 rings (SSSR count). The smallest absolute Gasteiger partial charge is 0.0462 e. The van der Waals surface area contributed by atoms with Gasteiger partial charge in [-0.3, -0.25) is 0 Å². The summed E-state index contributed by atoms with van der Waals surface area (Å²) in [6.07, 6.45) is 4.88. The van der Waals surface area contributed by atoms with Crippen LogP contribution in [-0.4, -0.2) is 26.3 Å². The van der Waals surface area contributed by atoms with Crippen LogP contribution in [0.1, 0.15) is 60.3 Å². The summed E-state index contributed by atoms with van der Waals surface area (Å²) in [6.45, 7) is 13.6. The third kappa shape index (κ3) is 8.62. The summed E-state index contributed by atoms with van der Waals surface area (Å²) in [5, 5.41) is 3.68. The molecular formula is C15H33NO. The van der Waals surface area contributed by atoms with E-state index < -0.39 is 0 Å². The summed E-state index contributed by atoms with van der Waals surface area (Å²) in [4.78, 5) is 0. The van der Waals surface area contributed by atoms with Crippen LogP contribution in [0.5, 0.6) is 0 Å². The molecule has 0 spiro atoms. The van der Waals surface area contributed by atoms with Crippen LogP contribution in [0.4, 0.5) is 0 Å². The zero-order valence-corrected chi connectivity index (χ0v) is 12.8. The van der Waals surface area contributed by atoms with E-state index in [0.29, 0.717) is 11.5 Å². The second kappa shape index (κ2) is 8.93. The fourth-order valence-corrected chi connectivity index (χ4v) is 1.91. The molecule has 0 heterocycles. The summed E-state index contributed by atoms with van der Waals surface area (Å²) in [5.74, 6) is 0.749. The summed E-state index contributed by atoms with van der Waals surface area (Å²) >= 11 is 0. The zero-order valence-electron chi connectivity index (χ0n) is 12.8. The van der Waals surface area contributed by atoms with E-state index in [2.05, 4.69) is 39.9 Å². The van der Waals surface area contributed by atoms with Crippen molar-refractivity contribution in [3.05, 3.63) is 0 Å². The van der Waals surface area contributed by atoms with E-state index >= 15 is 0 Å². The second-order valence-corrected chi connectivity index (χ2v) is 6.29. The molecule has 0 amide bonds. The van der Waals surface area contributed by atoms with Crippen molar-refractivity contribution in [3.63, 3.8) is 0 Å². The lowest BCUT2D eigenvalue weighted by atomic mass is 9.78. The summed E-state index contributed by atoms with van der Waals surface area (Å²) < 4.78 is 5.14. The second-order valence-electron chi connectivity index (χ2n) is 6.29. The van der Waals surface area contributed by atoms with Gasteiger partial charge in [-0.2, -0.15) is 0 Å². The van der Waals surface area contributed by atoms with E-state index in [9.17, 15) is 0 Å². The zero-order chi connectivity index (χ0) is 13.3. The molecule has 17 heavy (non-hydrogen) atoms. The molecular weight excluding hydrogens is 210 g/mol. The fourth-order valence-electron chi connectivity index (χ4n) is 1.91. The molecule has 0 fully saturated rings. The average Bonchev–Trinajstić information content (AvgIpc) is 2.24. The van der Waals surface area contributed by atoms with Gasteiger partial charge < -0.3 is 10.1 Å². The molecule has 0 saturated carbocycles. The topological polar surface area (TPSA) is 21.3 Å². The molecule has 2 atom stereocenters. The molecule has 2 heteroatoms. The van der Waals surface area contributed by atoms with Crippen molar-refractivity contribution in [2.24, 2.45) is 11.3 Å². The average molecular weight is 243 g/mol. The van der Waals surface area contributed by atoms with Crippen LogP contribution >= 0.6 is 0 Å².